The SMILES string of the molecule is CCCc1c(C(=O)N(C)C)nn2c1CN(C(C)C)CCC2. The molecule has 0 aromatic carbocycles. The van der Waals surface area contributed by atoms with Gasteiger partial charge in [0.25, 0.3) is 5.91 Å². The number of fused-ring (bicyclic) bond motifs is 1. The van der Waals surface area contributed by atoms with Crippen LogP contribution in [0.15, 0.2) is 0 Å². The van der Waals surface area contributed by atoms with E-state index in [0.717, 1.165) is 44.5 Å². The van der Waals surface area contributed by atoms with Gasteiger partial charge in [-0.25, -0.2) is 0 Å². The number of amides is 1. The average Bonchev–Trinajstić information content (AvgIpc) is 2.63. The lowest BCUT2D eigenvalue weighted by atomic mass is 10.1. The Morgan fingerprint density at radius 2 is 2.05 bits per heavy atom. The number of carbonyl (C=O) groups is 1. The van der Waals surface area contributed by atoms with E-state index in [0.29, 0.717) is 11.7 Å². The van der Waals surface area contributed by atoms with Crippen molar-refractivity contribution in [2.24, 2.45) is 0 Å². The van der Waals surface area contributed by atoms with Crippen LogP contribution in [0.5, 0.6) is 0 Å². The fraction of sp³-hybridized carbons (Fsp3) is 0.750. The molecule has 2 heterocycles. The minimum atomic E-state index is 0.0233. The van der Waals surface area contributed by atoms with Gasteiger partial charge in [-0.1, -0.05) is 13.3 Å². The van der Waals surface area contributed by atoms with Crippen molar-refractivity contribution in [2.75, 3.05) is 20.6 Å². The zero-order valence-corrected chi connectivity index (χ0v) is 14.0. The third-order valence-corrected chi connectivity index (χ3v) is 4.17. The third kappa shape index (κ3) is 3.28. The van der Waals surface area contributed by atoms with Gasteiger partial charge < -0.3 is 4.90 Å². The molecule has 1 aliphatic rings. The minimum Gasteiger partial charge on any atom is -0.343 e. The number of aryl methyl sites for hydroxylation is 1. The summed E-state index contributed by atoms with van der Waals surface area (Å²) in [6, 6.07) is 0.522. The maximum Gasteiger partial charge on any atom is 0.274 e. The summed E-state index contributed by atoms with van der Waals surface area (Å²) in [6.45, 7) is 9.54. The predicted octanol–water partition coefficient (Wildman–Crippen LogP) is 2.15. The van der Waals surface area contributed by atoms with Gasteiger partial charge in [0.15, 0.2) is 5.69 Å². The first-order valence-corrected chi connectivity index (χ1v) is 8.00. The molecular formula is C16H28N4O. The van der Waals surface area contributed by atoms with E-state index in [9.17, 15) is 4.79 Å². The number of hydrogen-bond donors (Lipinski definition) is 0. The fourth-order valence-electron chi connectivity index (χ4n) is 2.93. The van der Waals surface area contributed by atoms with Crippen molar-refractivity contribution >= 4 is 5.91 Å². The van der Waals surface area contributed by atoms with E-state index in [-0.39, 0.29) is 5.91 Å². The van der Waals surface area contributed by atoms with Crippen LogP contribution in [0.1, 0.15) is 55.4 Å². The summed E-state index contributed by atoms with van der Waals surface area (Å²) in [5.74, 6) is 0.0233. The maximum atomic E-state index is 12.4. The van der Waals surface area contributed by atoms with Gasteiger partial charge in [0, 0.05) is 45.3 Å². The molecule has 0 saturated heterocycles. The molecule has 5 nitrogen and oxygen atoms in total. The van der Waals surface area contributed by atoms with E-state index in [1.54, 1.807) is 19.0 Å². The quantitative estimate of drug-likeness (QED) is 0.854. The lowest BCUT2D eigenvalue weighted by molar-refractivity contribution is 0.0820. The molecule has 118 valence electrons. The summed E-state index contributed by atoms with van der Waals surface area (Å²) in [5, 5.41) is 4.64. The highest BCUT2D eigenvalue weighted by molar-refractivity contribution is 5.93. The van der Waals surface area contributed by atoms with Crippen LogP contribution < -0.4 is 0 Å². The molecule has 1 aromatic heterocycles. The van der Waals surface area contributed by atoms with Crippen LogP contribution in [-0.2, 0) is 19.5 Å². The Balaban J connectivity index is 2.43. The van der Waals surface area contributed by atoms with Crippen molar-refractivity contribution < 1.29 is 4.79 Å². The number of rotatable bonds is 4. The van der Waals surface area contributed by atoms with Gasteiger partial charge >= 0.3 is 0 Å². The van der Waals surface area contributed by atoms with E-state index < -0.39 is 0 Å². The third-order valence-electron chi connectivity index (χ3n) is 4.17. The molecule has 0 fully saturated rings. The summed E-state index contributed by atoms with van der Waals surface area (Å²) >= 11 is 0. The molecule has 0 atom stereocenters. The summed E-state index contributed by atoms with van der Waals surface area (Å²) in [6.07, 6.45) is 3.05. The lowest BCUT2D eigenvalue weighted by Crippen LogP contribution is -2.31. The molecule has 0 radical (unpaired) electrons. The minimum absolute atomic E-state index is 0.0233. The molecule has 0 saturated carbocycles. The van der Waals surface area contributed by atoms with Crippen LogP contribution in [0, 0.1) is 0 Å². The molecule has 0 unspecified atom stereocenters. The van der Waals surface area contributed by atoms with E-state index >= 15 is 0 Å². The second-order valence-electron chi connectivity index (χ2n) is 6.36. The highest BCUT2D eigenvalue weighted by Crippen LogP contribution is 2.23. The molecule has 1 amide bonds. The summed E-state index contributed by atoms with van der Waals surface area (Å²) in [7, 11) is 3.59. The van der Waals surface area contributed by atoms with Crippen molar-refractivity contribution in [3.05, 3.63) is 17.0 Å². The number of nitrogens with zero attached hydrogens (tertiary/aromatic N) is 4. The molecule has 0 spiro atoms. The smallest absolute Gasteiger partial charge is 0.274 e. The Labute approximate surface area is 127 Å². The Morgan fingerprint density at radius 3 is 2.62 bits per heavy atom. The van der Waals surface area contributed by atoms with Crippen LogP contribution in [0.3, 0.4) is 0 Å². The lowest BCUT2D eigenvalue weighted by Gasteiger charge is -2.24. The Hall–Kier alpha value is -1.36. The Morgan fingerprint density at radius 1 is 1.33 bits per heavy atom. The normalized spacial score (nSPS) is 15.9. The van der Waals surface area contributed by atoms with Gasteiger partial charge in [-0.2, -0.15) is 5.10 Å². The first-order chi connectivity index (χ1) is 9.95. The number of hydrogen-bond acceptors (Lipinski definition) is 3. The van der Waals surface area contributed by atoms with Crippen LogP contribution in [0.25, 0.3) is 0 Å². The van der Waals surface area contributed by atoms with Crippen LogP contribution in [0.2, 0.25) is 0 Å². The van der Waals surface area contributed by atoms with Crippen LogP contribution in [0.4, 0.5) is 0 Å². The van der Waals surface area contributed by atoms with Gasteiger partial charge in [0.1, 0.15) is 0 Å². The number of aromatic nitrogens is 2. The van der Waals surface area contributed by atoms with E-state index in [1.807, 2.05) is 0 Å². The summed E-state index contributed by atoms with van der Waals surface area (Å²) < 4.78 is 2.07. The van der Waals surface area contributed by atoms with E-state index in [2.05, 4.69) is 35.5 Å². The molecule has 1 aliphatic heterocycles. The maximum absolute atomic E-state index is 12.4. The highest BCUT2D eigenvalue weighted by atomic mass is 16.2. The summed E-state index contributed by atoms with van der Waals surface area (Å²) in [5.41, 5.74) is 3.06. The number of carbonyl (C=O) groups excluding carboxylic acids is 1. The van der Waals surface area contributed by atoms with Crippen molar-refractivity contribution in [1.29, 1.82) is 0 Å². The monoisotopic (exact) mass is 292 g/mol. The zero-order chi connectivity index (χ0) is 15.6. The van der Waals surface area contributed by atoms with Crippen molar-refractivity contribution in [3.8, 4) is 0 Å². The first kappa shape index (κ1) is 16.0. The summed E-state index contributed by atoms with van der Waals surface area (Å²) in [4.78, 5) is 16.5. The van der Waals surface area contributed by atoms with Gasteiger partial charge in [-0.3, -0.25) is 14.4 Å². The van der Waals surface area contributed by atoms with Gasteiger partial charge in [-0.05, 0) is 26.7 Å². The van der Waals surface area contributed by atoms with Gasteiger partial charge in [0.05, 0.1) is 5.69 Å². The van der Waals surface area contributed by atoms with Crippen molar-refractivity contribution in [2.45, 2.75) is 59.2 Å². The largest absolute Gasteiger partial charge is 0.343 e. The molecular weight excluding hydrogens is 264 g/mol. The zero-order valence-electron chi connectivity index (χ0n) is 14.0. The van der Waals surface area contributed by atoms with E-state index in [1.165, 1.54) is 5.69 Å². The molecule has 0 bridgehead atoms. The van der Waals surface area contributed by atoms with E-state index in [4.69, 9.17) is 0 Å². The molecule has 0 aliphatic carbocycles. The molecule has 2 rings (SSSR count). The van der Waals surface area contributed by atoms with Gasteiger partial charge in [-0.15, -0.1) is 0 Å². The second kappa shape index (κ2) is 6.60. The molecule has 21 heavy (non-hydrogen) atoms. The van der Waals surface area contributed by atoms with Crippen molar-refractivity contribution in [1.82, 2.24) is 19.6 Å². The fourth-order valence-corrected chi connectivity index (χ4v) is 2.93. The molecule has 1 aromatic rings. The first-order valence-electron chi connectivity index (χ1n) is 8.00. The predicted molar refractivity (Wildman–Crippen MR) is 84.4 cm³/mol. The highest BCUT2D eigenvalue weighted by Gasteiger charge is 2.26. The van der Waals surface area contributed by atoms with Gasteiger partial charge in [0.2, 0.25) is 0 Å². The molecule has 0 N–H and O–H groups in total. The Kier molecular flexibility index (Phi) is 5.04. The second-order valence-corrected chi connectivity index (χ2v) is 6.36. The van der Waals surface area contributed by atoms with Crippen LogP contribution in [-0.4, -0.2) is 52.2 Å². The van der Waals surface area contributed by atoms with Crippen molar-refractivity contribution in [3.63, 3.8) is 0 Å². The van der Waals surface area contributed by atoms with Crippen LogP contribution >= 0.6 is 0 Å². The molecule has 5 heteroatoms. The standard InChI is InChI=1S/C16H28N4O/c1-6-8-13-14-11-19(12(2)3)9-7-10-20(14)17-15(13)16(21)18(4)5/h12H,6-11H2,1-5H3. The topological polar surface area (TPSA) is 41.4 Å². The average molecular weight is 292 g/mol. The Bertz CT molecular complexity index is 505.